The number of para-hydroxylation sites is 1. The zero-order valence-electron chi connectivity index (χ0n) is 7.24. The van der Waals surface area contributed by atoms with E-state index in [-0.39, 0.29) is 5.56 Å². The van der Waals surface area contributed by atoms with Crippen LogP contribution >= 0.6 is 0 Å². The number of H-pyrrole nitrogens is 2. The summed E-state index contributed by atoms with van der Waals surface area (Å²) < 4.78 is 0. The summed E-state index contributed by atoms with van der Waals surface area (Å²) in [5, 5.41) is 7.78. The highest BCUT2D eigenvalue weighted by Crippen LogP contribution is 2.20. The minimum atomic E-state index is -0.153. The summed E-state index contributed by atoms with van der Waals surface area (Å²) >= 11 is 0. The van der Waals surface area contributed by atoms with E-state index in [9.17, 15) is 4.79 Å². The van der Waals surface area contributed by atoms with Gasteiger partial charge in [0.1, 0.15) is 0 Å². The quantitative estimate of drug-likeness (QED) is 0.556. The molecule has 3 rings (SSSR count). The van der Waals surface area contributed by atoms with Crippen molar-refractivity contribution < 1.29 is 0 Å². The number of fused-ring (bicyclic) bond motifs is 3. The number of benzene rings is 1. The lowest BCUT2D eigenvalue weighted by Crippen LogP contribution is -2.06. The van der Waals surface area contributed by atoms with Crippen molar-refractivity contribution in [3.63, 3.8) is 0 Å². The molecule has 4 nitrogen and oxygen atoms in total. The first-order chi connectivity index (χ1) is 6.86. The molecular formula is C10H7N3O. The van der Waals surface area contributed by atoms with Crippen LogP contribution in [0.4, 0.5) is 0 Å². The molecule has 68 valence electrons. The molecule has 0 saturated carbocycles. The number of hydrogen-bond donors (Lipinski definition) is 2. The fourth-order valence-electron chi connectivity index (χ4n) is 1.72. The molecule has 0 radical (unpaired) electrons. The molecule has 0 fully saturated rings. The van der Waals surface area contributed by atoms with Crippen molar-refractivity contribution in [3.8, 4) is 0 Å². The van der Waals surface area contributed by atoms with Crippen LogP contribution in [0.5, 0.6) is 0 Å². The first-order valence-electron chi connectivity index (χ1n) is 4.30. The van der Waals surface area contributed by atoms with Crippen LogP contribution in [-0.2, 0) is 0 Å². The fourth-order valence-corrected chi connectivity index (χ4v) is 1.72. The number of aromatic nitrogens is 3. The standard InChI is InChI=1S/C10H7N3O/c14-10-9-6-3-1-2-4-7(6)12-8(9)5-11-13-10/h1-5,12H,(H,13,14). The largest absolute Gasteiger partial charge is 0.353 e. The Bertz CT molecular complexity index is 665. The molecule has 0 bridgehead atoms. The SMILES string of the molecule is O=c1[nH]ncc2[nH]c3ccccc3c12. The number of nitrogens with zero attached hydrogens (tertiary/aromatic N) is 1. The summed E-state index contributed by atoms with van der Waals surface area (Å²) in [7, 11) is 0. The van der Waals surface area contributed by atoms with Crippen LogP contribution in [0.1, 0.15) is 0 Å². The summed E-state index contributed by atoms with van der Waals surface area (Å²) in [5.41, 5.74) is 1.58. The Kier molecular flexibility index (Phi) is 1.28. The second-order valence-electron chi connectivity index (χ2n) is 3.16. The monoisotopic (exact) mass is 185 g/mol. The molecule has 1 aromatic carbocycles. The average molecular weight is 185 g/mol. The highest BCUT2D eigenvalue weighted by molar-refractivity contribution is 6.06. The van der Waals surface area contributed by atoms with E-state index >= 15 is 0 Å². The van der Waals surface area contributed by atoms with E-state index in [1.165, 1.54) is 0 Å². The minimum Gasteiger partial charge on any atom is -0.353 e. The van der Waals surface area contributed by atoms with E-state index in [4.69, 9.17) is 0 Å². The van der Waals surface area contributed by atoms with Crippen LogP contribution in [-0.4, -0.2) is 15.2 Å². The van der Waals surface area contributed by atoms with Crippen molar-refractivity contribution in [3.05, 3.63) is 40.8 Å². The fraction of sp³-hybridized carbons (Fsp3) is 0. The van der Waals surface area contributed by atoms with E-state index in [0.717, 1.165) is 16.4 Å². The Morgan fingerprint density at radius 2 is 2.00 bits per heavy atom. The Hall–Kier alpha value is -2.10. The van der Waals surface area contributed by atoms with Gasteiger partial charge in [0.15, 0.2) is 0 Å². The molecule has 0 aliphatic heterocycles. The van der Waals surface area contributed by atoms with Gasteiger partial charge in [0, 0.05) is 10.9 Å². The maximum Gasteiger partial charge on any atom is 0.274 e. The highest BCUT2D eigenvalue weighted by Gasteiger charge is 2.05. The first-order valence-corrected chi connectivity index (χ1v) is 4.30. The molecule has 0 atom stereocenters. The summed E-state index contributed by atoms with van der Waals surface area (Å²) in [6, 6.07) is 7.70. The third-order valence-corrected chi connectivity index (χ3v) is 2.32. The predicted molar refractivity (Wildman–Crippen MR) is 54.2 cm³/mol. The Morgan fingerprint density at radius 3 is 2.93 bits per heavy atom. The van der Waals surface area contributed by atoms with Gasteiger partial charge < -0.3 is 4.98 Å². The van der Waals surface area contributed by atoms with E-state index in [0.29, 0.717) is 5.39 Å². The van der Waals surface area contributed by atoms with Crippen LogP contribution in [0.15, 0.2) is 35.3 Å². The number of nitrogens with one attached hydrogen (secondary N) is 2. The Labute approximate surface area is 78.6 Å². The van der Waals surface area contributed by atoms with Crippen molar-refractivity contribution >= 4 is 21.8 Å². The topological polar surface area (TPSA) is 61.5 Å². The van der Waals surface area contributed by atoms with Gasteiger partial charge in [-0.25, -0.2) is 5.10 Å². The molecule has 0 saturated heterocycles. The van der Waals surface area contributed by atoms with E-state index in [1.54, 1.807) is 6.20 Å². The normalized spacial score (nSPS) is 11.1. The van der Waals surface area contributed by atoms with Crippen molar-refractivity contribution in [1.82, 2.24) is 15.2 Å². The summed E-state index contributed by atoms with van der Waals surface area (Å²) in [5.74, 6) is 0. The second-order valence-corrected chi connectivity index (χ2v) is 3.16. The van der Waals surface area contributed by atoms with Gasteiger partial charge in [0.2, 0.25) is 0 Å². The maximum atomic E-state index is 11.5. The Balaban J connectivity index is 2.73. The maximum absolute atomic E-state index is 11.5. The van der Waals surface area contributed by atoms with E-state index in [2.05, 4.69) is 15.2 Å². The summed E-state index contributed by atoms with van der Waals surface area (Å²) in [6.07, 6.45) is 1.62. The molecule has 0 unspecified atom stereocenters. The lowest BCUT2D eigenvalue weighted by molar-refractivity contribution is 1.01. The second kappa shape index (κ2) is 2.45. The van der Waals surface area contributed by atoms with Crippen LogP contribution in [0.25, 0.3) is 21.8 Å². The van der Waals surface area contributed by atoms with Crippen LogP contribution in [0.2, 0.25) is 0 Å². The summed E-state index contributed by atoms with van der Waals surface area (Å²) in [4.78, 5) is 14.7. The van der Waals surface area contributed by atoms with Crippen molar-refractivity contribution in [1.29, 1.82) is 0 Å². The molecule has 2 heterocycles. The summed E-state index contributed by atoms with van der Waals surface area (Å²) in [6.45, 7) is 0. The Morgan fingerprint density at radius 1 is 1.14 bits per heavy atom. The number of hydrogen-bond acceptors (Lipinski definition) is 2. The van der Waals surface area contributed by atoms with Gasteiger partial charge in [-0.05, 0) is 6.07 Å². The minimum absolute atomic E-state index is 0.153. The average Bonchev–Trinajstić information content (AvgIpc) is 2.57. The van der Waals surface area contributed by atoms with Crippen molar-refractivity contribution in [2.45, 2.75) is 0 Å². The number of rotatable bonds is 0. The molecule has 4 heteroatoms. The molecule has 0 aliphatic rings. The van der Waals surface area contributed by atoms with Crippen molar-refractivity contribution in [2.24, 2.45) is 0 Å². The van der Waals surface area contributed by atoms with Crippen LogP contribution in [0, 0.1) is 0 Å². The van der Waals surface area contributed by atoms with Crippen LogP contribution in [0.3, 0.4) is 0 Å². The van der Waals surface area contributed by atoms with Gasteiger partial charge >= 0.3 is 0 Å². The molecular weight excluding hydrogens is 178 g/mol. The molecule has 0 aliphatic carbocycles. The first kappa shape index (κ1) is 7.32. The molecule has 2 aromatic heterocycles. The van der Waals surface area contributed by atoms with Gasteiger partial charge in [-0.3, -0.25) is 4.79 Å². The molecule has 14 heavy (non-hydrogen) atoms. The van der Waals surface area contributed by atoms with Crippen LogP contribution < -0.4 is 5.56 Å². The van der Waals surface area contributed by atoms with Gasteiger partial charge in [-0.15, -0.1) is 0 Å². The predicted octanol–water partition coefficient (Wildman–Crippen LogP) is 1.40. The van der Waals surface area contributed by atoms with Gasteiger partial charge in [0.25, 0.3) is 5.56 Å². The van der Waals surface area contributed by atoms with E-state index in [1.807, 2.05) is 24.3 Å². The lowest BCUT2D eigenvalue weighted by Gasteiger charge is -1.87. The molecule has 0 spiro atoms. The van der Waals surface area contributed by atoms with Crippen molar-refractivity contribution in [2.75, 3.05) is 0 Å². The molecule has 3 aromatic rings. The van der Waals surface area contributed by atoms with Gasteiger partial charge in [0.05, 0.1) is 17.1 Å². The zero-order chi connectivity index (χ0) is 9.54. The zero-order valence-corrected chi connectivity index (χ0v) is 7.24. The third kappa shape index (κ3) is 0.821. The van der Waals surface area contributed by atoms with Gasteiger partial charge in [-0.1, -0.05) is 18.2 Å². The number of aromatic amines is 2. The van der Waals surface area contributed by atoms with E-state index < -0.39 is 0 Å². The third-order valence-electron chi connectivity index (χ3n) is 2.32. The molecule has 0 amide bonds. The smallest absolute Gasteiger partial charge is 0.274 e. The highest BCUT2D eigenvalue weighted by atomic mass is 16.1. The molecule has 2 N–H and O–H groups in total. The van der Waals surface area contributed by atoms with Gasteiger partial charge in [-0.2, -0.15) is 5.10 Å². The lowest BCUT2D eigenvalue weighted by atomic mass is 10.2.